The lowest BCUT2D eigenvalue weighted by atomic mass is 10.0. The van der Waals surface area contributed by atoms with Crippen LogP contribution >= 0.6 is 0 Å². The van der Waals surface area contributed by atoms with Crippen LogP contribution in [0.15, 0.2) is 47.4 Å². The SMILES string of the molecule is CS(=O)(=O)c1ccccc1-c1ccc(NC(=O)[C@H]2C[C@@H](O)CN2)c(F)c1. The van der Waals surface area contributed by atoms with Gasteiger partial charge in [0.2, 0.25) is 5.91 Å². The number of sulfone groups is 1. The van der Waals surface area contributed by atoms with Crippen LogP contribution in [0.4, 0.5) is 10.1 Å². The molecule has 2 atom stereocenters. The molecular weight excluding hydrogens is 359 g/mol. The van der Waals surface area contributed by atoms with E-state index in [0.29, 0.717) is 17.7 Å². The van der Waals surface area contributed by atoms with E-state index in [0.717, 1.165) is 6.26 Å². The van der Waals surface area contributed by atoms with Crippen molar-refractivity contribution in [3.63, 3.8) is 0 Å². The summed E-state index contributed by atoms with van der Waals surface area (Å²) < 4.78 is 38.3. The third-order valence-electron chi connectivity index (χ3n) is 4.25. The summed E-state index contributed by atoms with van der Waals surface area (Å²) in [5, 5.41) is 14.8. The third kappa shape index (κ3) is 3.92. The summed E-state index contributed by atoms with van der Waals surface area (Å²) in [5.74, 6) is -1.09. The molecule has 1 heterocycles. The summed E-state index contributed by atoms with van der Waals surface area (Å²) in [5.41, 5.74) is 0.794. The van der Waals surface area contributed by atoms with Crippen LogP contribution in [0, 0.1) is 5.82 Å². The van der Waals surface area contributed by atoms with E-state index in [2.05, 4.69) is 10.6 Å². The van der Waals surface area contributed by atoms with E-state index in [-0.39, 0.29) is 17.0 Å². The Morgan fingerprint density at radius 1 is 1.27 bits per heavy atom. The van der Waals surface area contributed by atoms with Gasteiger partial charge in [0.15, 0.2) is 9.84 Å². The van der Waals surface area contributed by atoms with Crippen LogP contribution in [0.3, 0.4) is 0 Å². The molecule has 26 heavy (non-hydrogen) atoms. The van der Waals surface area contributed by atoms with E-state index in [9.17, 15) is 22.7 Å². The molecule has 1 fully saturated rings. The fraction of sp³-hybridized carbons (Fsp3) is 0.278. The number of carbonyl (C=O) groups excluding carboxylic acids is 1. The van der Waals surface area contributed by atoms with E-state index >= 15 is 0 Å². The smallest absolute Gasteiger partial charge is 0.241 e. The summed E-state index contributed by atoms with van der Waals surface area (Å²) in [6, 6.07) is 9.92. The topological polar surface area (TPSA) is 95.5 Å². The standard InChI is InChI=1S/C18H19FN2O4S/c1-26(24,25)17-5-3-2-4-13(17)11-6-7-15(14(19)8-11)21-18(23)16-9-12(22)10-20-16/h2-8,12,16,20,22H,9-10H2,1H3,(H,21,23)/t12-,16-/m1/s1. The number of aliphatic hydroxyl groups excluding tert-OH is 1. The maximum Gasteiger partial charge on any atom is 0.241 e. The van der Waals surface area contributed by atoms with Gasteiger partial charge in [0.25, 0.3) is 0 Å². The van der Waals surface area contributed by atoms with Crippen molar-refractivity contribution in [3.05, 3.63) is 48.3 Å². The highest BCUT2D eigenvalue weighted by Crippen LogP contribution is 2.30. The van der Waals surface area contributed by atoms with Gasteiger partial charge in [0, 0.05) is 18.4 Å². The predicted octanol–water partition coefficient (Wildman–Crippen LogP) is 1.56. The number of amides is 1. The Bertz CT molecular complexity index is 946. The number of β-amino-alcohol motifs (C(OH)–C–C–N with tert-alkyl or cyclic N) is 1. The Balaban J connectivity index is 1.86. The molecule has 1 saturated heterocycles. The van der Waals surface area contributed by atoms with Gasteiger partial charge in [-0.05, 0) is 30.2 Å². The summed E-state index contributed by atoms with van der Waals surface area (Å²) in [7, 11) is -3.46. The van der Waals surface area contributed by atoms with E-state index in [1.165, 1.54) is 18.2 Å². The fourth-order valence-corrected chi connectivity index (χ4v) is 3.86. The van der Waals surface area contributed by atoms with Crippen LogP contribution in [0.2, 0.25) is 0 Å². The largest absolute Gasteiger partial charge is 0.392 e. The first kappa shape index (κ1) is 18.5. The molecule has 138 valence electrons. The molecule has 0 saturated carbocycles. The zero-order valence-electron chi connectivity index (χ0n) is 14.1. The van der Waals surface area contributed by atoms with Gasteiger partial charge in [-0.1, -0.05) is 24.3 Å². The average Bonchev–Trinajstić information content (AvgIpc) is 3.02. The number of hydrogen-bond acceptors (Lipinski definition) is 5. The molecule has 1 amide bonds. The predicted molar refractivity (Wildman–Crippen MR) is 96.0 cm³/mol. The second-order valence-electron chi connectivity index (χ2n) is 6.30. The normalized spacial score (nSPS) is 20.1. The minimum atomic E-state index is -3.46. The molecule has 0 aliphatic carbocycles. The van der Waals surface area contributed by atoms with Crippen LogP contribution in [0.5, 0.6) is 0 Å². The van der Waals surface area contributed by atoms with E-state index in [4.69, 9.17) is 0 Å². The quantitative estimate of drug-likeness (QED) is 0.750. The number of rotatable bonds is 4. The molecule has 3 N–H and O–H groups in total. The van der Waals surface area contributed by atoms with Crippen molar-refractivity contribution in [2.45, 2.75) is 23.5 Å². The van der Waals surface area contributed by atoms with Gasteiger partial charge in [-0.25, -0.2) is 12.8 Å². The van der Waals surface area contributed by atoms with E-state index in [1.807, 2.05) is 0 Å². The zero-order chi connectivity index (χ0) is 18.9. The molecule has 0 bridgehead atoms. The first-order valence-corrected chi connectivity index (χ1v) is 9.96. The number of hydrogen-bond donors (Lipinski definition) is 3. The van der Waals surface area contributed by atoms with Crippen LogP contribution in [-0.2, 0) is 14.6 Å². The molecule has 3 rings (SSSR count). The van der Waals surface area contributed by atoms with Gasteiger partial charge in [-0.3, -0.25) is 4.79 Å². The second-order valence-corrected chi connectivity index (χ2v) is 8.29. The van der Waals surface area contributed by atoms with Crippen molar-refractivity contribution < 1.29 is 22.7 Å². The van der Waals surface area contributed by atoms with Crippen molar-refractivity contribution >= 4 is 21.4 Å². The van der Waals surface area contributed by atoms with Crippen LogP contribution in [-0.4, -0.2) is 44.4 Å². The Kier molecular flexibility index (Phi) is 5.08. The molecular formula is C18H19FN2O4S. The molecule has 6 nitrogen and oxygen atoms in total. The van der Waals surface area contributed by atoms with Gasteiger partial charge in [0.1, 0.15) is 5.82 Å². The first-order chi connectivity index (χ1) is 12.3. The van der Waals surface area contributed by atoms with Crippen LogP contribution in [0.1, 0.15) is 6.42 Å². The summed E-state index contributed by atoms with van der Waals surface area (Å²) in [6.45, 7) is 0.321. The molecule has 0 aromatic heterocycles. The van der Waals surface area contributed by atoms with Gasteiger partial charge in [-0.2, -0.15) is 0 Å². The molecule has 2 aromatic carbocycles. The number of carbonyl (C=O) groups is 1. The number of halogens is 1. The van der Waals surface area contributed by atoms with Gasteiger partial charge in [0.05, 0.1) is 22.7 Å². The zero-order valence-corrected chi connectivity index (χ0v) is 14.9. The van der Waals surface area contributed by atoms with Crippen molar-refractivity contribution in [1.82, 2.24) is 5.32 Å². The lowest BCUT2D eigenvalue weighted by Gasteiger charge is -2.13. The monoisotopic (exact) mass is 378 g/mol. The molecule has 0 radical (unpaired) electrons. The molecule has 0 unspecified atom stereocenters. The summed E-state index contributed by atoms with van der Waals surface area (Å²) >= 11 is 0. The fourth-order valence-electron chi connectivity index (χ4n) is 2.95. The highest BCUT2D eigenvalue weighted by Gasteiger charge is 2.28. The van der Waals surface area contributed by atoms with Gasteiger partial charge in [-0.15, -0.1) is 0 Å². The average molecular weight is 378 g/mol. The Morgan fingerprint density at radius 3 is 2.62 bits per heavy atom. The van der Waals surface area contributed by atoms with Crippen molar-refractivity contribution in [3.8, 4) is 11.1 Å². The summed E-state index contributed by atoms with van der Waals surface area (Å²) in [6.07, 6.45) is 0.776. The maximum atomic E-state index is 14.5. The van der Waals surface area contributed by atoms with E-state index < -0.39 is 33.7 Å². The lowest BCUT2D eigenvalue weighted by molar-refractivity contribution is -0.118. The highest BCUT2D eigenvalue weighted by molar-refractivity contribution is 7.90. The maximum absolute atomic E-state index is 14.5. The number of anilines is 1. The minimum Gasteiger partial charge on any atom is -0.392 e. The number of benzene rings is 2. The Labute approximate surface area is 151 Å². The molecule has 8 heteroatoms. The number of nitrogens with one attached hydrogen (secondary N) is 2. The third-order valence-corrected chi connectivity index (χ3v) is 5.40. The molecule has 0 spiro atoms. The first-order valence-electron chi connectivity index (χ1n) is 8.07. The summed E-state index contributed by atoms with van der Waals surface area (Å²) in [4.78, 5) is 12.2. The van der Waals surface area contributed by atoms with Crippen LogP contribution in [0.25, 0.3) is 11.1 Å². The Morgan fingerprint density at radius 2 is 2.00 bits per heavy atom. The van der Waals surface area contributed by atoms with Crippen molar-refractivity contribution in [1.29, 1.82) is 0 Å². The Hall–Kier alpha value is -2.29. The van der Waals surface area contributed by atoms with Crippen molar-refractivity contribution in [2.75, 3.05) is 18.1 Å². The van der Waals surface area contributed by atoms with E-state index in [1.54, 1.807) is 24.3 Å². The van der Waals surface area contributed by atoms with Gasteiger partial charge < -0.3 is 15.7 Å². The highest BCUT2D eigenvalue weighted by atomic mass is 32.2. The molecule has 2 aromatic rings. The minimum absolute atomic E-state index is 0.00113. The molecule has 1 aliphatic rings. The van der Waals surface area contributed by atoms with Crippen LogP contribution < -0.4 is 10.6 Å². The van der Waals surface area contributed by atoms with Gasteiger partial charge >= 0.3 is 0 Å². The lowest BCUT2D eigenvalue weighted by Crippen LogP contribution is -2.35. The second kappa shape index (κ2) is 7.14. The number of aliphatic hydroxyl groups is 1. The molecule has 1 aliphatic heterocycles. The van der Waals surface area contributed by atoms with Crippen molar-refractivity contribution in [2.24, 2.45) is 0 Å².